The molecule has 30 heavy (non-hydrogen) atoms. The maximum Gasteiger partial charge on any atom is 0.356 e. The smallest absolute Gasteiger partial charge is 0.356 e. The molecule has 10 heteroatoms. The fraction of sp³-hybridized carbons (Fsp3) is 0.250. The Labute approximate surface area is 176 Å². The summed E-state index contributed by atoms with van der Waals surface area (Å²) in [6.07, 6.45) is 3.69. The van der Waals surface area contributed by atoms with Gasteiger partial charge < -0.3 is 10.1 Å². The summed E-state index contributed by atoms with van der Waals surface area (Å²) < 4.78 is 5.37. The molecule has 9 nitrogen and oxygen atoms in total. The molecule has 2 amide bonds. The molecule has 1 atom stereocenters. The summed E-state index contributed by atoms with van der Waals surface area (Å²) in [6, 6.07) is 5.49. The van der Waals surface area contributed by atoms with E-state index >= 15 is 0 Å². The van der Waals surface area contributed by atoms with Gasteiger partial charge in [-0.25, -0.2) is 4.79 Å². The van der Waals surface area contributed by atoms with Crippen LogP contribution in [-0.2, 0) is 25.7 Å². The Morgan fingerprint density at radius 1 is 1.37 bits per heavy atom. The van der Waals surface area contributed by atoms with E-state index in [1.54, 1.807) is 18.4 Å². The quantitative estimate of drug-likeness (QED) is 0.233. The van der Waals surface area contributed by atoms with Crippen molar-refractivity contribution >= 4 is 35.2 Å². The zero-order valence-electron chi connectivity index (χ0n) is 16.3. The molecule has 0 bridgehead atoms. The minimum Gasteiger partial charge on any atom is -0.456 e. The molecule has 1 N–H and O–H groups in total. The van der Waals surface area contributed by atoms with Crippen LogP contribution in [0.15, 0.2) is 58.1 Å². The molecule has 2 heterocycles. The first kappa shape index (κ1) is 21.3. The van der Waals surface area contributed by atoms with Crippen LogP contribution in [0.5, 0.6) is 0 Å². The second-order valence-corrected chi connectivity index (χ2v) is 7.53. The summed E-state index contributed by atoms with van der Waals surface area (Å²) in [5.74, 6) is -1.09. The Morgan fingerprint density at radius 3 is 2.67 bits per heavy atom. The van der Waals surface area contributed by atoms with Crippen molar-refractivity contribution in [1.82, 2.24) is 10.2 Å². The van der Waals surface area contributed by atoms with Crippen LogP contribution in [0.3, 0.4) is 0 Å². The zero-order valence-corrected chi connectivity index (χ0v) is 17.1. The second-order valence-electron chi connectivity index (χ2n) is 6.53. The number of β-lactam (4-membered cyclic amide) rings is 1. The summed E-state index contributed by atoms with van der Waals surface area (Å²) in [5, 5.41) is 14.9. The van der Waals surface area contributed by atoms with E-state index in [9.17, 15) is 24.5 Å². The van der Waals surface area contributed by atoms with Crippen LogP contribution in [-0.4, -0.2) is 33.6 Å². The predicted molar refractivity (Wildman–Crippen MR) is 109 cm³/mol. The van der Waals surface area contributed by atoms with E-state index in [4.69, 9.17) is 4.74 Å². The minimum atomic E-state index is -0.644. The Morgan fingerprint density at radius 2 is 2.07 bits per heavy atom. The molecule has 0 saturated carbocycles. The number of carbonyl (C=O) groups is 3. The number of carbonyl (C=O) groups excluding carboxylic acids is 3. The number of fused-ring (bicyclic) bond motifs is 1. The minimum absolute atomic E-state index is 0.0545. The average molecular weight is 429 g/mol. The van der Waals surface area contributed by atoms with Gasteiger partial charge in [0.05, 0.1) is 11.0 Å². The van der Waals surface area contributed by atoms with E-state index in [-0.39, 0.29) is 35.8 Å². The maximum absolute atomic E-state index is 12.8. The molecule has 0 spiro atoms. The normalized spacial score (nSPS) is 19.1. The summed E-state index contributed by atoms with van der Waals surface area (Å²) in [6.45, 7) is 3.08. The van der Waals surface area contributed by atoms with E-state index in [1.165, 1.54) is 54.1 Å². The summed E-state index contributed by atoms with van der Waals surface area (Å²) in [4.78, 5) is 48.5. The number of hydrogen-bond acceptors (Lipinski definition) is 7. The molecule has 1 saturated heterocycles. The number of ether oxygens (including phenoxy) is 1. The van der Waals surface area contributed by atoms with Gasteiger partial charge in [0.15, 0.2) is 0 Å². The Hall–Kier alpha value is -3.40. The van der Waals surface area contributed by atoms with Gasteiger partial charge in [0, 0.05) is 42.2 Å². The molecule has 1 aromatic rings. The number of non-ortho nitro benzene ring substituents is 1. The van der Waals surface area contributed by atoms with E-state index < -0.39 is 10.9 Å². The van der Waals surface area contributed by atoms with Gasteiger partial charge in [-0.2, -0.15) is 0 Å². The number of rotatable bonds is 7. The SMILES string of the molecule is CC=C1C(=O)N2C(C(=O)OCc3ccc([N+](=O)[O-])cc3)=C(S/C=C/NC(C)=O)C[C@H]12. The van der Waals surface area contributed by atoms with E-state index in [1.807, 2.05) is 0 Å². The van der Waals surface area contributed by atoms with Gasteiger partial charge in [-0.3, -0.25) is 24.6 Å². The van der Waals surface area contributed by atoms with Crippen LogP contribution in [0.4, 0.5) is 5.69 Å². The van der Waals surface area contributed by atoms with Crippen LogP contribution in [0.1, 0.15) is 25.8 Å². The number of benzene rings is 1. The van der Waals surface area contributed by atoms with Crippen molar-refractivity contribution in [2.45, 2.75) is 32.9 Å². The second kappa shape index (κ2) is 8.95. The molecule has 2 aliphatic heterocycles. The van der Waals surface area contributed by atoms with Gasteiger partial charge in [0.2, 0.25) is 5.91 Å². The summed E-state index contributed by atoms with van der Waals surface area (Å²) >= 11 is 1.24. The molecule has 0 unspecified atom stereocenters. The van der Waals surface area contributed by atoms with Gasteiger partial charge in [0.25, 0.3) is 11.6 Å². The molecular weight excluding hydrogens is 410 g/mol. The van der Waals surface area contributed by atoms with Crippen molar-refractivity contribution < 1.29 is 24.0 Å². The third kappa shape index (κ3) is 4.28. The fourth-order valence-corrected chi connectivity index (χ4v) is 4.04. The zero-order chi connectivity index (χ0) is 21.8. The standard InChI is InChI=1S/C20H19N3O6S/c1-3-15-16-10-17(30-9-8-21-12(2)24)18(22(16)19(15)25)20(26)29-11-13-4-6-14(7-5-13)23(27)28/h3-9,16H,10-11H2,1-2H3,(H,21,24)/b9-8+,15-3?/t16-/m1/s1. The van der Waals surface area contributed by atoms with E-state index in [0.717, 1.165) is 0 Å². The highest BCUT2D eigenvalue weighted by molar-refractivity contribution is 8.05. The van der Waals surface area contributed by atoms with Crippen molar-refractivity contribution in [3.05, 3.63) is 73.8 Å². The topological polar surface area (TPSA) is 119 Å². The first-order chi connectivity index (χ1) is 14.3. The molecular formula is C20H19N3O6S. The number of thioether (sulfide) groups is 1. The highest BCUT2D eigenvalue weighted by Gasteiger charge is 2.51. The van der Waals surface area contributed by atoms with E-state index in [0.29, 0.717) is 22.5 Å². The third-order valence-electron chi connectivity index (χ3n) is 4.61. The maximum atomic E-state index is 12.8. The Kier molecular flexibility index (Phi) is 6.36. The van der Waals surface area contributed by atoms with Crippen LogP contribution >= 0.6 is 11.8 Å². The monoisotopic (exact) mass is 429 g/mol. The van der Waals surface area contributed by atoms with Crippen molar-refractivity contribution in [3.63, 3.8) is 0 Å². The fourth-order valence-electron chi connectivity index (χ4n) is 3.19. The number of esters is 1. The van der Waals surface area contributed by atoms with Crippen LogP contribution in [0, 0.1) is 10.1 Å². The number of nitro groups is 1. The van der Waals surface area contributed by atoms with Crippen molar-refractivity contribution in [2.75, 3.05) is 0 Å². The number of allylic oxidation sites excluding steroid dienone is 1. The molecule has 0 aliphatic carbocycles. The predicted octanol–water partition coefficient (Wildman–Crippen LogP) is 2.75. The van der Waals surface area contributed by atoms with Crippen molar-refractivity contribution in [2.24, 2.45) is 0 Å². The third-order valence-corrected chi connectivity index (χ3v) is 5.52. The van der Waals surface area contributed by atoms with Crippen LogP contribution < -0.4 is 5.32 Å². The van der Waals surface area contributed by atoms with Crippen molar-refractivity contribution in [1.29, 1.82) is 0 Å². The molecule has 1 aromatic carbocycles. The molecule has 0 radical (unpaired) electrons. The lowest BCUT2D eigenvalue weighted by atomic mass is 9.94. The van der Waals surface area contributed by atoms with E-state index in [2.05, 4.69) is 5.32 Å². The van der Waals surface area contributed by atoms with Crippen LogP contribution in [0.2, 0.25) is 0 Å². The summed E-state index contributed by atoms with van der Waals surface area (Å²) in [5.41, 5.74) is 1.38. The highest BCUT2D eigenvalue weighted by Crippen LogP contribution is 2.46. The van der Waals surface area contributed by atoms with Crippen molar-refractivity contribution in [3.8, 4) is 0 Å². The molecule has 3 rings (SSSR count). The van der Waals surface area contributed by atoms with Crippen LogP contribution in [0.25, 0.3) is 0 Å². The molecule has 1 fully saturated rings. The average Bonchev–Trinajstić information content (AvgIpc) is 3.04. The van der Waals surface area contributed by atoms with Gasteiger partial charge in [0.1, 0.15) is 12.3 Å². The van der Waals surface area contributed by atoms with Gasteiger partial charge in [-0.05, 0) is 30.0 Å². The Bertz CT molecular complexity index is 996. The van der Waals surface area contributed by atoms with Gasteiger partial charge >= 0.3 is 5.97 Å². The van der Waals surface area contributed by atoms with Gasteiger partial charge in [-0.15, -0.1) is 0 Å². The lowest BCUT2D eigenvalue weighted by molar-refractivity contribution is -0.384. The molecule has 0 aromatic heterocycles. The lowest BCUT2D eigenvalue weighted by Gasteiger charge is -2.38. The number of hydrogen-bond donors (Lipinski definition) is 1. The largest absolute Gasteiger partial charge is 0.456 e. The van der Waals surface area contributed by atoms with Gasteiger partial charge in [-0.1, -0.05) is 17.8 Å². The molecule has 156 valence electrons. The first-order valence-electron chi connectivity index (χ1n) is 9.05. The molecule has 2 aliphatic rings. The summed E-state index contributed by atoms with van der Waals surface area (Å²) in [7, 11) is 0. The number of nitrogens with one attached hydrogen (secondary N) is 1. The highest BCUT2D eigenvalue weighted by atomic mass is 32.2. The lowest BCUT2D eigenvalue weighted by Crippen LogP contribution is -2.52. The number of amides is 2. The number of nitro benzene ring substituents is 1. The first-order valence-corrected chi connectivity index (χ1v) is 9.93. The Balaban J connectivity index is 1.73. The number of nitrogens with zero attached hydrogens (tertiary/aromatic N) is 2.